The Labute approximate surface area is 487 Å². The van der Waals surface area contributed by atoms with E-state index in [4.69, 9.17) is 0 Å². The Hall–Kier alpha value is -7.43. The second-order valence-electron chi connectivity index (χ2n) is 27.7. The van der Waals surface area contributed by atoms with Crippen LogP contribution in [0.5, 0.6) is 0 Å². The Bertz CT molecular complexity index is 4370. The molecule has 0 N–H and O–H groups in total. The van der Waals surface area contributed by atoms with Gasteiger partial charge in [0.05, 0.1) is 16.5 Å². The number of hydrogen-bond donors (Lipinski definition) is 0. The topological polar surface area (TPSA) is 3.24 Å². The van der Waals surface area contributed by atoms with E-state index in [-0.39, 0.29) is 21.7 Å². The first kappa shape index (κ1) is 50.5. The average molecular weight is 1080 g/mol. The molecule has 81 heavy (non-hydrogen) atoms. The lowest BCUT2D eigenvalue weighted by molar-refractivity contribution is 0.581. The summed E-state index contributed by atoms with van der Waals surface area (Å²) in [4.78, 5) is 5.28. The highest BCUT2D eigenvalue weighted by molar-refractivity contribution is 7.99. The number of nitrogens with zero attached hydrogens (tertiary/aromatic N) is 1. The van der Waals surface area contributed by atoms with Gasteiger partial charge >= 0.3 is 0 Å². The van der Waals surface area contributed by atoms with Crippen LogP contribution in [0.1, 0.15) is 150 Å². The second-order valence-corrected chi connectivity index (χ2v) is 29.8. The van der Waals surface area contributed by atoms with E-state index >= 15 is 0 Å². The van der Waals surface area contributed by atoms with Gasteiger partial charge in [-0.25, -0.2) is 0 Å². The summed E-state index contributed by atoms with van der Waals surface area (Å²) < 4.78 is 2.58. The lowest BCUT2D eigenvalue weighted by Crippen LogP contribution is -2.33. The van der Waals surface area contributed by atoms with Crippen LogP contribution in [0.2, 0.25) is 0 Å². The fourth-order valence-corrected chi connectivity index (χ4v) is 16.9. The van der Waals surface area contributed by atoms with Crippen molar-refractivity contribution in [1.82, 2.24) is 0 Å². The summed E-state index contributed by atoms with van der Waals surface area (Å²) in [5.74, 6) is 0. The number of thiophene rings is 1. The van der Waals surface area contributed by atoms with Gasteiger partial charge in [0.1, 0.15) is 0 Å². The van der Waals surface area contributed by atoms with Gasteiger partial charge in [-0.2, -0.15) is 0 Å². The van der Waals surface area contributed by atoms with Gasteiger partial charge in [-0.05, 0) is 176 Å². The third kappa shape index (κ3) is 7.10. The minimum atomic E-state index is -0.594. The molecular weight excluding hydrogens is 1010 g/mol. The molecule has 3 aliphatic carbocycles. The number of hydrogen-bond acceptors (Lipinski definition) is 3. The van der Waals surface area contributed by atoms with E-state index < -0.39 is 10.8 Å². The molecule has 0 amide bonds. The molecule has 0 radical (unpaired) electrons. The Kier molecular flexibility index (Phi) is 10.6. The molecule has 15 rings (SSSR count). The van der Waals surface area contributed by atoms with Crippen molar-refractivity contribution in [2.75, 3.05) is 4.90 Å². The fraction of sp³-hybridized carbons (Fsp3) is 0.231. The van der Waals surface area contributed by atoms with E-state index in [2.05, 4.69) is 288 Å². The zero-order valence-electron chi connectivity index (χ0n) is 48.8. The van der Waals surface area contributed by atoms with Gasteiger partial charge in [-0.3, -0.25) is 0 Å². The molecule has 0 atom stereocenters. The highest BCUT2D eigenvalue weighted by atomic mass is 32.2. The second kappa shape index (κ2) is 17.1. The Morgan fingerprint density at radius 2 is 0.679 bits per heavy atom. The van der Waals surface area contributed by atoms with Crippen LogP contribution < -0.4 is 4.90 Å². The molecule has 10 aromatic carbocycles. The minimum absolute atomic E-state index is 0.0472. The molecule has 398 valence electrons. The molecule has 0 saturated carbocycles. The summed E-state index contributed by atoms with van der Waals surface area (Å²) in [6, 6.07) is 79.3. The van der Waals surface area contributed by atoms with Gasteiger partial charge in [0.15, 0.2) is 0 Å². The van der Waals surface area contributed by atoms with Crippen LogP contribution in [0.25, 0.3) is 53.6 Å². The Balaban J connectivity index is 1.06. The predicted molar refractivity (Wildman–Crippen MR) is 347 cm³/mol. The molecule has 0 saturated heterocycles. The third-order valence-corrected chi connectivity index (χ3v) is 21.1. The van der Waals surface area contributed by atoms with Crippen LogP contribution in [-0.2, 0) is 32.5 Å². The van der Waals surface area contributed by atoms with Gasteiger partial charge < -0.3 is 4.90 Å². The van der Waals surface area contributed by atoms with E-state index in [9.17, 15) is 0 Å². The van der Waals surface area contributed by atoms with Crippen LogP contribution in [-0.4, -0.2) is 0 Å². The van der Waals surface area contributed by atoms with Crippen LogP contribution in [0.4, 0.5) is 17.1 Å². The van der Waals surface area contributed by atoms with Crippen LogP contribution >= 0.6 is 23.1 Å². The van der Waals surface area contributed by atoms with Crippen molar-refractivity contribution in [3.8, 4) is 33.4 Å². The average Bonchev–Trinajstić information content (AvgIpc) is 3.41. The summed E-state index contributed by atoms with van der Waals surface area (Å²) in [6.45, 7) is 28.3. The summed E-state index contributed by atoms with van der Waals surface area (Å²) in [5.41, 5.74) is 26.3. The fourth-order valence-electron chi connectivity index (χ4n) is 14.6. The first-order chi connectivity index (χ1) is 38.7. The van der Waals surface area contributed by atoms with Crippen molar-refractivity contribution in [2.24, 2.45) is 0 Å². The van der Waals surface area contributed by atoms with E-state index in [1.807, 2.05) is 23.1 Å². The number of fused-ring (bicyclic) bond motifs is 22. The SMILES string of the molecule is CC(C)(C)c1ccc2c(c1)C1(c3cc(C(C)(C)C)ccc3S2)c2ccccc2-c2ccc(N(c3ccc4c(c3)C3(c5ccccc5-4)c4cc(C(C)(C)C)ccc4-c4ccc(C(C)(C)C)cc43)c3cccc4sc5ccccc5c34)cc21. The molecule has 3 heteroatoms. The zero-order chi connectivity index (χ0) is 55.9. The molecule has 11 aromatic rings. The quantitative estimate of drug-likeness (QED) is 0.173. The molecule has 0 fully saturated rings. The van der Waals surface area contributed by atoms with Crippen molar-refractivity contribution in [2.45, 2.75) is 125 Å². The maximum atomic E-state index is 2.64. The molecule has 1 aliphatic heterocycles. The Morgan fingerprint density at radius 1 is 0.309 bits per heavy atom. The van der Waals surface area contributed by atoms with Crippen molar-refractivity contribution in [1.29, 1.82) is 0 Å². The van der Waals surface area contributed by atoms with Crippen molar-refractivity contribution < 1.29 is 0 Å². The van der Waals surface area contributed by atoms with Crippen LogP contribution in [0.15, 0.2) is 210 Å². The van der Waals surface area contributed by atoms with Gasteiger partial charge in [-0.15, -0.1) is 11.3 Å². The highest BCUT2D eigenvalue weighted by Crippen LogP contribution is 2.66. The zero-order valence-corrected chi connectivity index (χ0v) is 50.4. The third-order valence-electron chi connectivity index (χ3n) is 18.8. The van der Waals surface area contributed by atoms with Gasteiger partial charge in [0, 0.05) is 41.3 Å². The van der Waals surface area contributed by atoms with Crippen LogP contribution in [0.3, 0.4) is 0 Å². The standard InChI is InChI=1S/C78H69NS2/c1-73(2,3)46-28-34-54-55-35-29-47(74(4,5)6)41-62(55)77(61(54)40-46)59-23-16-13-20-52(59)56-36-32-50(44-63(56)77)79(67-25-19-27-71-72(67)58-22-15-18-26-68(58)80-71)51-33-37-57-53-21-14-17-24-60(53)78(64(57)45-51)65-42-48(75(7,8)9)30-38-69(65)81-70-39-31-49(43-66(70)78)76(10,11)12/h13-45H,1-12H3. The lowest BCUT2D eigenvalue weighted by atomic mass is 9.65. The summed E-state index contributed by atoms with van der Waals surface area (Å²) in [6.07, 6.45) is 0. The summed E-state index contributed by atoms with van der Waals surface area (Å²) in [5, 5.41) is 2.57. The van der Waals surface area contributed by atoms with E-state index in [1.165, 1.54) is 136 Å². The van der Waals surface area contributed by atoms with Crippen molar-refractivity contribution >= 4 is 60.3 Å². The van der Waals surface area contributed by atoms with E-state index in [0.717, 1.165) is 11.4 Å². The molecule has 0 bridgehead atoms. The molecule has 2 spiro atoms. The van der Waals surface area contributed by atoms with E-state index in [0.29, 0.717) is 0 Å². The predicted octanol–water partition coefficient (Wildman–Crippen LogP) is 21.9. The molecule has 2 heterocycles. The highest BCUT2D eigenvalue weighted by Gasteiger charge is 2.54. The lowest BCUT2D eigenvalue weighted by Gasteiger charge is -2.41. The van der Waals surface area contributed by atoms with Gasteiger partial charge in [0.25, 0.3) is 0 Å². The van der Waals surface area contributed by atoms with Crippen LogP contribution in [0, 0.1) is 0 Å². The maximum absolute atomic E-state index is 2.64. The largest absolute Gasteiger partial charge is 0.310 e. The number of anilines is 3. The van der Waals surface area contributed by atoms with E-state index in [1.54, 1.807) is 0 Å². The van der Waals surface area contributed by atoms with Gasteiger partial charge in [0.2, 0.25) is 0 Å². The Morgan fingerprint density at radius 3 is 1.16 bits per heavy atom. The normalized spacial score (nSPS) is 15.1. The molecule has 1 nitrogen and oxygen atoms in total. The number of rotatable bonds is 3. The molecule has 4 aliphatic rings. The van der Waals surface area contributed by atoms with Crippen molar-refractivity contribution in [3.63, 3.8) is 0 Å². The molecule has 0 unspecified atom stereocenters. The minimum Gasteiger partial charge on any atom is -0.310 e. The first-order valence-electron chi connectivity index (χ1n) is 29.1. The van der Waals surface area contributed by atoms with Crippen molar-refractivity contribution in [3.05, 3.63) is 267 Å². The maximum Gasteiger partial charge on any atom is 0.0736 e. The molecular formula is C78H69NS2. The summed E-state index contributed by atoms with van der Waals surface area (Å²) >= 11 is 3.83. The monoisotopic (exact) mass is 1080 g/mol. The molecule has 1 aromatic heterocycles. The van der Waals surface area contributed by atoms with Gasteiger partial charge in [-0.1, -0.05) is 240 Å². The summed E-state index contributed by atoms with van der Waals surface area (Å²) in [7, 11) is 0. The number of benzene rings is 10. The smallest absolute Gasteiger partial charge is 0.0736 e. The first-order valence-corrected chi connectivity index (χ1v) is 30.8.